The molecule has 0 fully saturated rings. The average Bonchev–Trinajstić information content (AvgIpc) is 3.37. The highest BCUT2D eigenvalue weighted by molar-refractivity contribution is 5.70. The maximum Gasteiger partial charge on any atom is 0.453 e. The van der Waals surface area contributed by atoms with E-state index >= 15 is 0 Å². The van der Waals surface area contributed by atoms with Crippen molar-refractivity contribution in [2.45, 2.75) is 32.7 Å². The Balaban J connectivity index is 1.85. The average molecular weight is 480 g/mol. The van der Waals surface area contributed by atoms with Crippen LogP contribution >= 0.6 is 0 Å². The lowest BCUT2D eigenvalue weighted by Gasteiger charge is -2.10. The minimum absolute atomic E-state index is 0.0278. The lowest BCUT2D eigenvalue weighted by atomic mass is 10.0. The second-order valence-corrected chi connectivity index (χ2v) is 7.85. The van der Waals surface area contributed by atoms with Gasteiger partial charge in [0.05, 0.1) is 18.3 Å². The summed E-state index contributed by atoms with van der Waals surface area (Å²) in [5.41, 5.74) is 7.62. The summed E-state index contributed by atoms with van der Waals surface area (Å²) in [7, 11) is 0. The van der Waals surface area contributed by atoms with Crippen molar-refractivity contribution >= 4 is 5.69 Å². The Labute approximate surface area is 189 Å². The van der Waals surface area contributed by atoms with Crippen LogP contribution in [0.5, 0.6) is 0 Å². The first-order valence-corrected chi connectivity index (χ1v) is 9.92. The second kappa shape index (κ2) is 8.19. The van der Waals surface area contributed by atoms with Crippen LogP contribution in [0.4, 0.5) is 32.0 Å². The standard InChI is InChI=1S/C22H18F6N6/c1-12-5-15(8-16(6-12)21(23,24)25)19-18(34-11-30-20(32-34)22(26,27)28)10-33(31-19)9-14-3-4-17(29)13(2)7-14/h3-8,10-11H,9,29H2,1-2H3. The van der Waals surface area contributed by atoms with Crippen LogP contribution in [-0.4, -0.2) is 24.5 Å². The van der Waals surface area contributed by atoms with Gasteiger partial charge >= 0.3 is 12.4 Å². The van der Waals surface area contributed by atoms with Crippen molar-refractivity contribution in [2.75, 3.05) is 5.73 Å². The van der Waals surface area contributed by atoms with Crippen molar-refractivity contribution in [3.8, 4) is 16.9 Å². The maximum atomic E-state index is 13.4. The molecule has 0 aliphatic carbocycles. The fourth-order valence-electron chi connectivity index (χ4n) is 3.48. The summed E-state index contributed by atoms with van der Waals surface area (Å²) in [6.45, 7) is 3.51. The molecule has 6 nitrogen and oxygen atoms in total. The lowest BCUT2D eigenvalue weighted by molar-refractivity contribution is -0.144. The van der Waals surface area contributed by atoms with E-state index in [1.54, 1.807) is 12.1 Å². The van der Waals surface area contributed by atoms with Crippen molar-refractivity contribution in [1.29, 1.82) is 0 Å². The third kappa shape index (κ3) is 4.75. The molecule has 0 amide bonds. The van der Waals surface area contributed by atoms with Gasteiger partial charge in [-0.3, -0.25) is 4.68 Å². The zero-order chi connectivity index (χ0) is 24.8. The molecule has 4 aromatic rings. The second-order valence-electron chi connectivity index (χ2n) is 7.85. The molecule has 0 radical (unpaired) electrons. The van der Waals surface area contributed by atoms with Crippen molar-refractivity contribution in [2.24, 2.45) is 0 Å². The minimum atomic E-state index is -4.78. The molecule has 0 saturated carbocycles. The Bertz CT molecular complexity index is 1350. The first-order chi connectivity index (χ1) is 15.8. The van der Waals surface area contributed by atoms with Gasteiger partial charge in [-0.1, -0.05) is 12.1 Å². The summed E-state index contributed by atoms with van der Waals surface area (Å²) in [6, 6.07) is 8.64. The van der Waals surface area contributed by atoms with Crippen LogP contribution in [0.25, 0.3) is 16.9 Å². The number of rotatable bonds is 4. The van der Waals surface area contributed by atoms with E-state index in [1.807, 2.05) is 13.0 Å². The van der Waals surface area contributed by atoms with E-state index in [1.165, 1.54) is 23.9 Å². The summed E-state index contributed by atoms with van der Waals surface area (Å²) in [5, 5.41) is 7.85. The van der Waals surface area contributed by atoms with Gasteiger partial charge in [0.2, 0.25) is 0 Å². The van der Waals surface area contributed by atoms with Gasteiger partial charge in [-0.05, 0) is 54.8 Å². The van der Waals surface area contributed by atoms with Gasteiger partial charge in [0, 0.05) is 11.3 Å². The molecule has 34 heavy (non-hydrogen) atoms. The zero-order valence-corrected chi connectivity index (χ0v) is 17.9. The number of benzene rings is 2. The Morgan fingerprint density at radius 1 is 0.912 bits per heavy atom. The van der Waals surface area contributed by atoms with Gasteiger partial charge in [-0.15, -0.1) is 5.10 Å². The lowest BCUT2D eigenvalue weighted by Crippen LogP contribution is -2.09. The van der Waals surface area contributed by atoms with E-state index in [-0.39, 0.29) is 23.5 Å². The highest BCUT2D eigenvalue weighted by Gasteiger charge is 2.36. The molecule has 0 atom stereocenters. The molecule has 0 unspecified atom stereocenters. The number of anilines is 1. The smallest absolute Gasteiger partial charge is 0.399 e. The highest BCUT2D eigenvalue weighted by atomic mass is 19.4. The van der Waals surface area contributed by atoms with E-state index in [0.29, 0.717) is 11.3 Å². The Morgan fingerprint density at radius 2 is 1.65 bits per heavy atom. The number of nitrogens with zero attached hydrogens (tertiary/aromatic N) is 5. The predicted octanol–water partition coefficient (Wildman–Crippen LogP) is 5.42. The number of aromatic nitrogens is 5. The van der Waals surface area contributed by atoms with E-state index in [0.717, 1.165) is 34.3 Å². The molecule has 12 heteroatoms. The molecule has 0 spiro atoms. The van der Waals surface area contributed by atoms with Crippen molar-refractivity contribution in [1.82, 2.24) is 24.5 Å². The molecule has 2 aromatic carbocycles. The van der Waals surface area contributed by atoms with E-state index in [2.05, 4.69) is 15.2 Å². The van der Waals surface area contributed by atoms with Gasteiger partial charge < -0.3 is 5.73 Å². The number of aryl methyl sites for hydroxylation is 2. The SMILES string of the molecule is Cc1cc(-c2nn(Cc3ccc(N)c(C)c3)cc2-n2cnc(C(F)(F)F)n2)cc(C(F)(F)F)c1. The number of alkyl halides is 6. The van der Waals surface area contributed by atoms with E-state index in [9.17, 15) is 26.3 Å². The molecular formula is C22H18F6N6. The van der Waals surface area contributed by atoms with Crippen LogP contribution in [0.15, 0.2) is 48.9 Å². The molecule has 0 aliphatic rings. The first-order valence-electron chi connectivity index (χ1n) is 9.92. The number of hydrogen-bond acceptors (Lipinski definition) is 4. The summed E-state index contributed by atoms with van der Waals surface area (Å²) in [5.74, 6) is -1.37. The molecule has 0 saturated heterocycles. The first kappa shape index (κ1) is 23.3. The molecule has 0 bridgehead atoms. The fraction of sp³-hybridized carbons (Fsp3) is 0.227. The predicted molar refractivity (Wildman–Crippen MR) is 112 cm³/mol. The molecule has 2 heterocycles. The van der Waals surface area contributed by atoms with Crippen LogP contribution in [0.2, 0.25) is 0 Å². The summed E-state index contributed by atoms with van der Waals surface area (Å²) >= 11 is 0. The number of nitrogen functional groups attached to an aromatic ring is 1. The molecule has 178 valence electrons. The monoisotopic (exact) mass is 480 g/mol. The van der Waals surface area contributed by atoms with Gasteiger partial charge in [0.1, 0.15) is 17.7 Å². The molecule has 2 N–H and O–H groups in total. The summed E-state index contributed by atoms with van der Waals surface area (Å²) < 4.78 is 81.6. The van der Waals surface area contributed by atoms with Crippen LogP contribution < -0.4 is 5.73 Å². The van der Waals surface area contributed by atoms with Crippen LogP contribution in [-0.2, 0) is 18.9 Å². The molecule has 0 aliphatic heterocycles. The highest BCUT2D eigenvalue weighted by Crippen LogP contribution is 2.35. The maximum absolute atomic E-state index is 13.4. The van der Waals surface area contributed by atoms with Gasteiger partial charge in [0.15, 0.2) is 0 Å². The van der Waals surface area contributed by atoms with Crippen molar-refractivity contribution in [3.05, 3.63) is 77.0 Å². The van der Waals surface area contributed by atoms with Crippen molar-refractivity contribution in [3.63, 3.8) is 0 Å². The van der Waals surface area contributed by atoms with Crippen LogP contribution in [0.1, 0.15) is 28.1 Å². The normalized spacial score (nSPS) is 12.4. The third-order valence-corrected chi connectivity index (χ3v) is 5.09. The largest absolute Gasteiger partial charge is 0.453 e. The third-order valence-electron chi connectivity index (χ3n) is 5.09. The van der Waals surface area contributed by atoms with Gasteiger partial charge in [-0.2, -0.15) is 31.4 Å². The van der Waals surface area contributed by atoms with Gasteiger partial charge in [-0.25, -0.2) is 9.67 Å². The summed E-state index contributed by atoms with van der Waals surface area (Å²) in [4.78, 5) is 3.28. The zero-order valence-electron chi connectivity index (χ0n) is 17.9. The van der Waals surface area contributed by atoms with E-state index < -0.39 is 23.7 Å². The topological polar surface area (TPSA) is 74.6 Å². The van der Waals surface area contributed by atoms with Crippen molar-refractivity contribution < 1.29 is 26.3 Å². The Kier molecular flexibility index (Phi) is 5.62. The quantitative estimate of drug-likeness (QED) is 0.313. The Hall–Kier alpha value is -3.83. The van der Waals surface area contributed by atoms with Crippen LogP contribution in [0.3, 0.4) is 0 Å². The number of halogens is 6. The molecular weight excluding hydrogens is 462 g/mol. The Morgan fingerprint density at radius 3 is 2.26 bits per heavy atom. The molecule has 2 aromatic heterocycles. The van der Waals surface area contributed by atoms with Crippen LogP contribution in [0, 0.1) is 13.8 Å². The van der Waals surface area contributed by atoms with E-state index in [4.69, 9.17) is 5.73 Å². The minimum Gasteiger partial charge on any atom is -0.399 e. The fourth-order valence-corrected chi connectivity index (χ4v) is 3.48. The molecule has 4 rings (SSSR count). The number of nitrogens with two attached hydrogens (primary N) is 1. The number of hydrogen-bond donors (Lipinski definition) is 1. The summed E-state index contributed by atoms with van der Waals surface area (Å²) in [6.07, 6.45) is -7.13. The van der Waals surface area contributed by atoms with Gasteiger partial charge in [0.25, 0.3) is 5.82 Å².